The fraction of sp³-hybridized carbons (Fsp3) is 0.0500. The molecule has 0 amide bonds. The first-order chi connectivity index (χ1) is 12.1. The number of anilines is 1. The van der Waals surface area contributed by atoms with E-state index in [0.717, 1.165) is 27.9 Å². The summed E-state index contributed by atoms with van der Waals surface area (Å²) in [4.78, 5) is 4.40. The molecular weight excluding hydrogens is 334 g/mol. The van der Waals surface area contributed by atoms with E-state index in [1.807, 2.05) is 42.5 Å². The SMILES string of the molecule is Nc1cccc(Cn2c(-c3ccccc3Cl)cc3ccc(O)cc32)n1. The zero-order valence-corrected chi connectivity index (χ0v) is 14.1. The molecule has 4 rings (SSSR count). The lowest BCUT2D eigenvalue weighted by Crippen LogP contribution is -2.05. The van der Waals surface area contributed by atoms with Crippen molar-refractivity contribution in [3.05, 3.63) is 77.4 Å². The van der Waals surface area contributed by atoms with Crippen molar-refractivity contribution in [2.24, 2.45) is 0 Å². The van der Waals surface area contributed by atoms with E-state index in [1.165, 1.54) is 0 Å². The molecule has 0 fully saturated rings. The summed E-state index contributed by atoms with van der Waals surface area (Å²) in [5, 5.41) is 11.6. The van der Waals surface area contributed by atoms with E-state index in [-0.39, 0.29) is 5.75 Å². The van der Waals surface area contributed by atoms with Gasteiger partial charge < -0.3 is 15.4 Å². The highest BCUT2D eigenvalue weighted by atomic mass is 35.5. The molecule has 124 valence electrons. The third-order valence-electron chi connectivity index (χ3n) is 4.19. The summed E-state index contributed by atoms with van der Waals surface area (Å²) in [6.07, 6.45) is 0. The maximum absolute atomic E-state index is 9.92. The molecule has 4 nitrogen and oxygen atoms in total. The van der Waals surface area contributed by atoms with Crippen LogP contribution in [0.1, 0.15) is 5.69 Å². The molecule has 5 heteroatoms. The second-order valence-electron chi connectivity index (χ2n) is 5.89. The largest absolute Gasteiger partial charge is 0.508 e. The van der Waals surface area contributed by atoms with E-state index in [1.54, 1.807) is 18.2 Å². The van der Waals surface area contributed by atoms with Crippen LogP contribution in [0.5, 0.6) is 5.75 Å². The van der Waals surface area contributed by atoms with Gasteiger partial charge in [0.25, 0.3) is 0 Å². The van der Waals surface area contributed by atoms with Gasteiger partial charge in [0, 0.05) is 22.0 Å². The molecular formula is C20H16ClN3O. The highest BCUT2D eigenvalue weighted by Gasteiger charge is 2.14. The van der Waals surface area contributed by atoms with Crippen LogP contribution >= 0.6 is 11.6 Å². The van der Waals surface area contributed by atoms with Crippen LogP contribution < -0.4 is 5.73 Å². The fourth-order valence-corrected chi connectivity index (χ4v) is 3.29. The topological polar surface area (TPSA) is 64.1 Å². The average molecular weight is 350 g/mol. The lowest BCUT2D eigenvalue weighted by atomic mass is 10.1. The monoisotopic (exact) mass is 349 g/mol. The van der Waals surface area contributed by atoms with E-state index in [9.17, 15) is 5.11 Å². The Kier molecular flexibility index (Phi) is 3.82. The minimum absolute atomic E-state index is 0.220. The normalized spacial score (nSPS) is 11.1. The number of hydrogen-bond donors (Lipinski definition) is 2. The van der Waals surface area contributed by atoms with Crippen molar-refractivity contribution in [3.8, 4) is 17.0 Å². The van der Waals surface area contributed by atoms with Crippen LogP contribution in [0.15, 0.2) is 66.7 Å². The van der Waals surface area contributed by atoms with Crippen molar-refractivity contribution in [2.75, 3.05) is 5.73 Å². The van der Waals surface area contributed by atoms with Gasteiger partial charge in [0.1, 0.15) is 11.6 Å². The van der Waals surface area contributed by atoms with Gasteiger partial charge in [0.2, 0.25) is 0 Å². The summed E-state index contributed by atoms with van der Waals surface area (Å²) < 4.78 is 2.10. The number of aromatic hydroxyl groups is 1. The highest BCUT2D eigenvalue weighted by molar-refractivity contribution is 6.33. The molecule has 0 spiro atoms. The Morgan fingerprint density at radius 2 is 1.84 bits per heavy atom. The number of benzene rings is 2. The van der Waals surface area contributed by atoms with Crippen molar-refractivity contribution in [1.82, 2.24) is 9.55 Å². The minimum Gasteiger partial charge on any atom is -0.508 e. The summed E-state index contributed by atoms with van der Waals surface area (Å²) >= 11 is 6.42. The number of nitrogen functional groups attached to an aromatic ring is 1. The number of halogens is 1. The first kappa shape index (κ1) is 15.5. The Balaban J connectivity index is 1.95. The summed E-state index contributed by atoms with van der Waals surface area (Å²) in [6, 6.07) is 20.7. The zero-order valence-electron chi connectivity index (χ0n) is 13.4. The molecule has 2 aromatic heterocycles. The van der Waals surface area contributed by atoms with Gasteiger partial charge in [-0.1, -0.05) is 35.9 Å². The molecule has 0 saturated heterocycles. The fourth-order valence-electron chi connectivity index (χ4n) is 3.05. The van der Waals surface area contributed by atoms with Gasteiger partial charge in [-0.2, -0.15) is 0 Å². The van der Waals surface area contributed by atoms with E-state index in [0.29, 0.717) is 17.4 Å². The van der Waals surface area contributed by atoms with Gasteiger partial charge in [-0.25, -0.2) is 4.98 Å². The van der Waals surface area contributed by atoms with Crippen molar-refractivity contribution < 1.29 is 5.11 Å². The Morgan fingerprint density at radius 3 is 2.64 bits per heavy atom. The number of pyridine rings is 1. The Hall–Kier alpha value is -2.98. The zero-order chi connectivity index (χ0) is 17.4. The molecule has 3 N–H and O–H groups in total. The standard InChI is InChI=1S/C20H16ClN3O/c21-17-6-2-1-5-16(17)19-10-13-8-9-15(25)11-18(13)24(19)12-14-4-3-7-20(22)23-14/h1-11,25H,12H2,(H2,22,23). The number of nitrogens with two attached hydrogens (primary N) is 1. The first-order valence-electron chi connectivity index (χ1n) is 7.90. The summed E-state index contributed by atoms with van der Waals surface area (Å²) in [5.41, 5.74) is 9.48. The van der Waals surface area contributed by atoms with Crippen LogP contribution in [0, 0.1) is 0 Å². The van der Waals surface area contributed by atoms with Gasteiger partial charge in [0.15, 0.2) is 0 Å². The Bertz CT molecular complexity index is 1070. The van der Waals surface area contributed by atoms with Crippen LogP contribution in [0.4, 0.5) is 5.82 Å². The van der Waals surface area contributed by atoms with Gasteiger partial charge in [-0.05, 0) is 36.4 Å². The van der Waals surface area contributed by atoms with Gasteiger partial charge >= 0.3 is 0 Å². The van der Waals surface area contributed by atoms with Crippen LogP contribution in [-0.2, 0) is 6.54 Å². The number of fused-ring (bicyclic) bond motifs is 1. The predicted octanol–water partition coefficient (Wildman–Crippen LogP) is 4.69. The molecule has 0 atom stereocenters. The minimum atomic E-state index is 0.220. The Morgan fingerprint density at radius 1 is 1.00 bits per heavy atom. The summed E-state index contributed by atoms with van der Waals surface area (Å²) in [7, 11) is 0. The van der Waals surface area contributed by atoms with Gasteiger partial charge in [-0.3, -0.25) is 0 Å². The van der Waals surface area contributed by atoms with Crippen molar-refractivity contribution in [3.63, 3.8) is 0 Å². The molecule has 0 bridgehead atoms. The number of hydrogen-bond acceptors (Lipinski definition) is 3. The van der Waals surface area contributed by atoms with Crippen LogP contribution in [0.3, 0.4) is 0 Å². The van der Waals surface area contributed by atoms with Gasteiger partial charge in [-0.15, -0.1) is 0 Å². The molecule has 0 radical (unpaired) electrons. The van der Waals surface area contributed by atoms with E-state index < -0.39 is 0 Å². The second kappa shape index (κ2) is 6.15. The summed E-state index contributed by atoms with van der Waals surface area (Å²) in [6.45, 7) is 0.526. The number of rotatable bonds is 3. The molecule has 4 aromatic rings. The number of aromatic nitrogens is 2. The first-order valence-corrected chi connectivity index (χ1v) is 8.28. The van der Waals surface area contributed by atoms with Crippen molar-refractivity contribution in [2.45, 2.75) is 6.54 Å². The average Bonchev–Trinajstić information content (AvgIpc) is 2.93. The molecule has 0 saturated carbocycles. The van der Waals surface area contributed by atoms with Crippen molar-refractivity contribution in [1.29, 1.82) is 0 Å². The molecule has 25 heavy (non-hydrogen) atoms. The lowest BCUT2D eigenvalue weighted by Gasteiger charge is -2.12. The molecule has 2 aromatic carbocycles. The lowest BCUT2D eigenvalue weighted by molar-refractivity contribution is 0.476. The predicted molar refractivity (Wildman–Crippen MR) is 102 cm³/mol. The molecule has 2 heterocycles. The van der Waals surface area contributed by atoms with Crippen LogP contribution in [0.25, 0.3) is 22.2 Å². The molecule has 0 aliphatic carbocycles. The number of phenolic OH excluding ortho intramolecular Hbond substituents is 1. The molecule has 0 aliphatic rings. The van der Waals surface area contributed by atoms with E-state index >= 15 is 0 Å². The Labute approximate surface area is 150 Å². The third-order valence-corrected chi connectivity index (χ3v) is 4.52. The van der Waals surface area contributed by atoms with Crippen LogP contribution in [-0.4, -0.2) is 14.7 Å². The number of nitrogens with zero attached hydrogens (tertiary/aromatic N) is 2. The molecule has 0 aliphatic heterocycles. The second-order valence-corrected chi connectivity index (χ2v) is 6.30. The smallest absolute Gasteiger partial charge is 0.123 e. The highest BCUT2D eigenvalue weighted by Crippen LogP contribution is 2.34. The maximum Gasteiger partial charge on any atom is 0.123 e. The summed E-state index contributed by atoms with van der Waals surface area (Å²) in [5.74, 6) is 0.703. The van der Waals surface area contributed by atoms with E-state index in [2.05, 4.69) is 15.6 Å². The third kappa shape index (κ3) is 2.92. The van der Waals surface area contributed by atoms with E-state index in [4.69, 9.17) is 17.3 Å². The number of phenols is 1. The van der Waals surface area contributed by atoms with Crippen LogP contribution in [0.2, 0.25) is 5.02 Å². The van der Waals surface area contributed by atoms with Gasteiger partial charge in [0.05, 0.1) is 23.4 Å². The quantitative estimate of drug-likeness (QED) is 0.563. The maximum atomic E-state index is 9.92. The molecule has 0 unspecified atom stereocenters. The van der Waals surface area contributed by atoms with Crippen molar-refractivity contribution >= 4 is 28.3 Å².